The number of carbonyl (C=O) groups excluding carboxylic acids is 3. The Morgan fingerprint density at radius 3 is 2.27 bits per heavy atom. The van der Waals surface area contributed by atoms with E-state index >= 15 is 0 Å². The number of carbonyl (C=O) groups is 3. The molecular weight excluding hydrogens is 920 g/mol. The van der Waals surface area contributed by atoms with Gasteiger partial charge in [0.15, 0.2) is 5.82 Å². The number of amides is 3. The lowest BCUT2D eigenvalue weighted by Crippen LogP contribution is -2.63. The zero-order valence-electron chi connectivity index (χ0n) is 41.7. The third-order valence-electron chi connectivity index (χ3n) is 17.1. The number of phenolic OH excluding ortho intramolecular Hbond substituents is 1. The molecule has 10 rings (SSSR count). The zero-order valence-corrected chi connectivity index (χ0v) is 42.5. The number of hydrogen-bond acceptors (Lipinski definition) is 13. The Balaban J connectivity index is 0.652. The molecule has 71 heavy (non-hydrogen) atoms. The number of aromatic hydroxyl groups is 1. The Labute approximate surface area is 423 Å². The topological polar surface area (TPSA) is 179 Å². The molecule has 1 aromatic heterocycles. The van der Waals surface area contributed by atoms with Crippen LogP contribution in [0.25, 0.3) is 11.3 Å². The molecule has 0 unspecified atom stereocenters. The molecule has 4 atom stereocenters. The van der Waals surface area contributed by atoms with Crippen molar-refractivity contribution in [3.05, 3.63) is 58.6 Å². The van der Waals surface area contributed by atoms with E-state index in [-0.39, 0.29) is 48.4 Å². The van der Waals surface area contributed by atoms with Crippen molar-refractivity contribution < 1.29 is 29.3 Å². The molecule has 1 spiro atoms. The fourth-order valence-corrected chi connectivity index (χ4v) is 13.4. The van der Waals surface area contributed by atoms with Gasteiger partial charge in [-0.2, -0.15) is 0 Å². The quantitative estimate of drug-likeness (QED) is 0.167. The predicted molar refractivity (Wildman–Crippen MR) is 273 cm³/mol. The molecule has 16 nitrogen and oxygen atoms in total. The maximum Gasteiger partial charge on any atom is 0.246 e. The minimum Gasteiger partial charge on any atom is -0.507 e. The summed E-state index contributed by atoms with van der Waals surface area (Å²) in [6, 6.07) is 13.1. The number of β-amino-alcohol motifs (C(OH)–C–C–N with tert-alkyl or cyclic N) is 1. The maximum atomic E-state index is 14.3. The van der Waals surface area contributed by atoms with Crippen LogP contribution in [0.3, 0.4) is 0 Å². The van der Waals surface area contributed by atoms with E-state index in [0.717, 1.165) is 89.5 Å². The lowest BCUT2D eigenvalue weighted by atomic mass is 9.49. The van der Waals surface area contributed by atoms with Crippen LogP contribution in [0.15, 0.2) is 42.5 Å². The summed E-state index contributed by atoms with van der Waals surface area (Å²) in [5.41, 5.74) is 3.13. The normalized spacial score (nSPS) is 27.9. The highest BCUT2D eigenvalue weighted by Gasteiger charge is 2.57. The van der Waals surface area contributed by atoms with Crippen molar-refractivity contribution in [1.82, 2.24) is 40.4 Å². The van der Waals surface area contributed by atoms with Crippen LogP contribution < -0.4 is 25.6 Å². The summed E-state index contributed by atoms with van der Waals surface area (Å²) in [6.07, 6.45) is 13.5. The van der Waals surface area contributed by atoms with Crippen LogP contribution in [0.2, 0.25) is 5.02 Å². The van der Waals surface area contributed by atoms with Gasteiger partial charge in [0.2, 0.25) is 17.7 Å². The number of anilines is 2. The van der Waals surface area contributed by atoms with E-state index < -0.39 is 29.5 Å². The molecule has 6 fully saturated rings. The van der Waals surface area contributed by atoms with E-state index in [1.54, 1.807) is 18.2 Å². The number of terminal acetylenes is 1. The number of methoxy groups -OCH3 is 1. The van der Waals surface area contributed by atoms with Gasteiger partial charge in [-0.3, -0.25) is 19.3 Å². The number of piperazine rings is 1. The molecule has 5 N–H and O–H groups in total. The number of benzene rings is 2. The predicted octanol–water partition coefficient (Wildman–Crippen LogP) is 4.71. The summed E-state index contributed by atoms with van der Waals surface area (Å²) >= 11 is 6.49. The van der Waals surface area contributed by atoms with Crippen LogP contribution in [0.1, 0.15) is 89.7 Å². The van der Waals surface area contributed by atoms with E-state index in [1.807, 2.05) is 39.0 Å². The molecule has 4 saturated heterocycles. The number of rotatable bonds is 11. The van der Waals surface area contributed by atoms with Gasteiger partial charge < -0.3 is 50.5 Å². The number of para-hydroxylation sites is 1. The van der Waals surface area contributed by atoms with E-state index in [2.05, 4.69) is 57.7 Å². The van der Waals surface area contributed by atoms with Gasteiger partial charge in [0.05, 0.1) is 35.7 Å². The van der Waals surface area contributed by atoms with E-state index in [4.69, 9.17) is 22.8 Å². The molecule has 5 aliphatic heterocycles. The van der Waals surface area contributed by atoms with Gasteiger partial charge in [-0.25, -0.2) is 0 Å². The summed E-state index contributed by atoms with van der Waals surface area (Å²) in [6.45, 7) is 14.2. The molecule has 0 radical (unpaired) electrons. The molecule has 380 valence electrons. The van der Waals surface area contributed by atoms with Crippen molar-refractivity contribution in [2.45, 2.75) is 127 Å². The molecule has 0 bridgehead atoms. The second kappa shape index (κ2) is 20.0. The van der Waals surface area contributed by atoms with Crippen LogP contribution in [-0.4, -0.2) is 166 Å². The Kier molecular flexibility index (Phi) is 13.9. The first-order valence-corrected chi connectivity index (χ1v) is 26.3. The van der Waals surface area contributed by atoms with Gasteiger partial charge in [0, 0.05) is 86.4 Å². The number of aliphatic hydroxyl groups excluding tert-OH is 1. The second-order valence-electron chi connectivity index (χ2n) is 22.6. The summed E-state index contributed by atoms with van der Waals surface area (Å²) in [5, 5.41) is 40.0. The average molecular weight is 992 g/mol. The maximum absolute atomic E-state index is 14.3. The van der Waals surface area contributed by atoms with Crippen molar-refractivity contribution in [3.63, 3.8) is 0 Å². The van der Waals surface area contributed by atoms with Crippen LogP contribution in [-0.2, 0) is 20.9 Å². The van der Waals surface area contributed by atoms with Crippen molar-refractivity contribution in [1.29, 1.82) is 0 Å². The molecule has 2 aromatic carbocycles. The molecule has 3 aromatic rings. The van der Waals surface area contributed by atoms with Crippen molar-refractivity contribution >= 4 is 40.8 Å². The zero-order chi connectivity index (χ0) is 49.8. The minimum atomic E-state index is -0.914. The number of piperidine rings is 2. The van der Waals surface area contributed by atoms with E-state index in [0.29, 0.717) is 57.3 Å². The minimum absolute atomic E-state index is 0.000202. The highest BCUT2D eigenvalue weighted by molar-refractivity contribution is 6.31. The first-order valence-electron chi connectivity index (χ1n) is 25.9. The molecular formula is C54H71ClN10O6. The first-order chi connectivity index (χ1) is 34.1. The number of nitrogens with one attached hydrogen (secondary N) is 3. The van der Waals surface area contributed by atoms with Gasteiger partial charge >= 0.3 is 0 Å². The number of nitrogens with zero attached hydrogens (tertiary/aromatic N) is 7. The highest BCUT2D eigenvalue weighted by Crippen LogP contribution is 2.60. The monoisotopic (exact) mass is 991 g/mol. The third-order valence-corrected chi connectivity index (χ3v) is 17.5. The van der Waals surface area contributed by atoms with E-state index in [9.17, 15) is 24.6 Å². The Morgan fingerprint density at radius 2 is 1.59 bits per heavy atom. The number of aliphatic hydroxyl groups is 1. The third kappa shape index (κ3) is 10.0. The van der Waals surface area contributed by atoms with Crippen molar-refractivity contribution in [2.75, 3.05) is 76.2 Å². The molecule has 17 heteroatoms. The molecule has 3 amide bonds. The molecule has 2 aliphatic carbocycles. The number of aromatic nitrogens is 2. The molecule has 6 heterocycles. The summed E-state index contributed by atoms with van der Waals surface area (Å²) in [4.78, 5) is 53.9. The fraction of sp³-hybridized carbons (Fsp3) is 0.611. The largest absolute Gasteiger partial charge is 0.507 e. The van der Waals surface area contributed by atoms with Gasteiger partial charge in [-0.1, -0.05) is 50.4 Å². The number of ether oxygens (including phenoxy) is 1. The highest BCUT2D eigenvalue weighted by atomic mass is 35.5. The van der Waals surface area contributed by atoms with Gasteiger partial charge in [-0.15, -0.1) is 16.6 Å². The Morgan fingerprint density at radius 1 is 0.901 bits per heavy atom. The standard InChI is InChI=1S/C54H71ClN10O6/c1-6-33-21-42(55)41(47(22-33)71-5)30-57-51(69)45-23-39(66)32-65(45)52(70)48(53(2,3)4)58-50(68)34-25-54(26-34)27-37(28-54)62-17-11-35(12-18-62)61-15-13-36(14-16-61)63-19-20-64-38(31-63)29-56-49-44(64)24-43(59-60-49)40-9-7-8-10-46(40)67/h1,7-10,21-22,24,34-39,45,48,66-67H,11-20,23,25-32H2,2-5H3,(H,56,60)(H,57,69)(H,58,68)/t34-,37-,38-,39+,45-,48+,54?/m0/s1. The van der Waals surface area contributed by atoms with Crippen LogP contribution >= 0.6 is 11.6 Å². The number of hydrogen-bond donors (Lipinski definition) is 5. The van der Waals surface area contributed by atoms with Gasteiger partial charge in [-0.05, 0) is 119 Å². The number of likely N-dealkylation sites (tertiary alicyclic amines) is 3. The van der Waals surface area contributed by atoms with Crippen LogP contribution in [0, 0.1) is 29.1 Å². The first kappa shape index (κ1) is 49.4. The van der Waals surface area contributed by atoms with Crippen LogP contribution in [0.5, 0.6) is 11.5 Å². The lowest BCUT2D eigenvalue weighted by molar-refractivity contribution is -0.150. The summed E-state index contributed by atoms with van der Waals surface area (Å²) in [5.74, 6) is 2.96. The van der Waals surface area contributed by atoms with Crippen molar-refractivity contribution in [2.24, 2.45) is 16.7 Å². The number of fused-ring (bicyclic) bond motifs is 3. The molecule has 7 aliphatic rings. The second-order valence-corrected chi connectivity index (χ2v) is 23.0. The van der Waals surface area contributed by atoms with Crippen LogP contribution in [0.4, 0.5) is 11.5 Å². The Bertz CT molecular complexity index is 2520. The van der Waals surface area contributed by atoms with Gasteiger partial charge in [0.1, 0.15) is 23.6 Å². The fourth-order valence-electron chi connectivity index (χ4n) is 13.1. The molecule has 2 saturated carbocycles. The SMILES string of the molecule is C#Cc1cc(Cl)c(CNC(=O)[C@@H]2C[C@@H](O)CN2C(=O)[C@@H](NC(=O)[C@H]2CC3(C2)C[C@H](N2CCC(N4CCC(N5CCN6c7cc(-c8ccccc8O)nnc7NC[C@H]6C5)CC4)CC2)C3)C(C)(C)C)c(OC)c1. The average Bonchev–Trinajstić information content (AvgIpc) is 3.75. The summed E-state index contributed by atoms with van der Waals surface area (Å²) in [7, 11) is 1.50. The summed E-state index contributed by atoms with van der Waals surface area (Å²) < 4.78 is 5.47. The lowest BCUT2D eigenvalue weighted by Gasteiger charge is -2.60. The van der Waals surface area contributed by atoms with E-state index in [1.165, 1.54) is 37.7 Å². The number of phenols is 1. The smallest absolute Gasteiger partial charge is 0.246 e. The Hall–Kier alpha value is -5.18. The number of halogens is 1. The van der Waals surface area contributed by atoms with Crippen molar-refractivity contribution in [3.8, 4) is 35.1 Å². The van der Waals surface area contributed by atoms with Gasteiger partial charge in [0.25, 0.3) is 0 Å².